The molecule has 1 aromatic carbocycles. The zero-order chi connectivity index (χ0) is 38.2. The Balaban J connectivity index is 1.31. The van der Waals surface area contributed by atoms with Gasteiger partial charge in [0, 0.05) is 35.3 Å². The second kappa shape index (κ2) is 17.6. The summed E-state index contributed by atoms with van der Waals surface area (Å²) in [5.74, 6) is -2.89. The molecule has 2 aromatic heterocycles. The van der Waals surface area contributed by atoms with Crippen molar-refractivity contribution in [2.75, 3.05) is 6.54 Å². The average Bonchev–Trinajstić information content (AvgIpc) is 3.78. The van der Waals surface area contributed by atoms with Crippen LogP contribution in [0, 0.1) is 11.8 Å². The van der Waals surface area contributed by atoms with E-state index in [9.17, 15) is 29.1 Å². The van der Waals surface area contributed by atoms with Gasteiger partial charge in [-0.25, -0.2) is 0 Å². The summed E-state index contributed by atoms with van der Waals surface area (Å²) in [5.41, 5.74) is 0.0982. The minimum absolute atomic E-state index is 0.00158. The van der Waals surface area contributed by atoms with Gasteiger partial charge in [-0.05, 0) is 81.7 Å². The number of nitrogens with zero attached hydrogens (tertiary/aromatic N) is 4. The Morgan fingerprint density at radius 2 is 1.73 bits per heavy atom. The Morgan fingerprint density at radius 3 is 2.40 bits per heavy atom. The number of rotatable bonds is 16. The van der Waals surface area contributed by atoms with Gasteiger partial charge in [-0.3, -0.25) is 29.0 Å². The molecule has 15 heteroatoms. The molecule has 4 rings (SSSR count). The van der Waals surface area contributed by atoms with E-state index in [-0.39, 0.29) is 59.2 Å². The second-order valence-corrected chi connectivity index (χ2v) is 14.9. The second-order valence-electron chi connectivity index (χ2n) is 14.4. The van der Waals surface area contributed by atoms with Gasteiger partial charge in [-0.15, -0.1) is 10.2 Å². The third-order valence-electron chi connectivity index (χ3n) is 8.93. The number of phenolic OH excluding ortho intramolecular Hbond substituents is 1. The number of nitrogens with one attached hydrogen (secondary N) is 3. The van der Waals surface area contributed by atoms with Crippen molar-refractivity contribution in [3.63, 3.8) is 0 Å². The third-order valence-corrected chi connectivity index (χ3v) is 9.16. The van der Waals surface area contributed by atoms with Crippen LogP contribution in [0.15, 0.2) is 47.0 Å². The number of hydrogen-bond donors (Lipinski definition) is 4. The predicted octanol–water partition coefficient (Wildman–Crippen LogP) is 4.71. The number of likely N-dealkylation sites (tertiary alicyclic amines) is 1. The highest BCUT2D eigenvalue weighted by Gasteiger charge is 2.40. The van der Waals surface area contributed by atoms with Crippen LogP contribution < -0.4 is 16.0 Å². The van der Waals surface area contributed by atoms with Crippen molar-refractivity contribution in [2.24, 2.45) is 11.8 Å². The lowest BCUT2D eigenvalue weighted by Crippen LogP contribution is -2.57. The number of benzene rings is 1. The Bertz CT molecular complexity index is 1760. The average molecular weight is 738 g/mol. The van der Waals surface area contributed by atoms with E-state index >= 15 is 0 Å². The van der Waals surface area contributed by atoms with Crippen LogP contribution in [0.3, 0.4) is 0 Å². The van der Waals surface area contributed by atoms with Gasteiger partial charge in [0.15, 0.2) is 0 Å². The number of aromatic hydroxyl groups is 1. The van der Waals surface area contributed by atoms with Crippen molar-refractivity contribution in [3.05, 3.63) is 59.2 Å². The van der Waals surface area contributed by atoms with E-state index in [1.165, 1.54) is 29.3 Å². The summed E-state index contributed by atoms with van der Waals surface area (Å²) in [6.45, 7) is 11.3. The molecule has 4 amide bonds. The van der Waals surface area contributed by atoms with E-state index in [2.05, 4.69) is 31.1 Å². The van der Waals surface area contributed by atoms with E-state index < -0.39 is 35.4 Å². The monoisotopic (exact) mass is 737 g/mol. The number of amides is 4. The van der Waals surface area contributed by atoms with Crippen molar-refractivity contribution in [1.82, 2.24) is 36.0 Å². The van der Waals surface area contributed by atoms with Crippen LogP contribution in [-0.2, 0) is 14.4 Å². The molecule has 14 nitrogen and oxygen atoms in total. The zero-order valence-corrected chi connectivity index (χ0v) is 31.2. The summed E-state index contributed by atoms with van der Waals surface area (Å²) in [4.78, 5) is 72.1. The SMILES string of the molecule is CC(C)[C@H](NC(=O)[C@@H]1CCCN1C(=O)[C@@H](NC(=O)CCCCC(C)(C)NC(=O)c1cc(Cl)ccn1)C(C)C)C(=O)c1nnc(-c2cccc(O)c2)o1. The fraction of sp³-hybridized carbons (Fsp3) is 0.514. The molecule has 3 aromatic rings. The van der Waals surface area contributed by atoms with Gasteiger partial charge in [0.2, 0.25) is 29.4 Å². The van der Waals surface area contributed by atoms with Gasteiger partial charge < -0.3 is 30.4 Å². The fourth-order valence-corrected chi connectivity index (χ4v) is 6.21. The standard InChI is InChI=1S/C37H48ClN7O7/c1-21(2)29(31(48)35-44-43-34(52-35)23-11-9-12-25(46)19-23)41-33(50)27-13-10-18-45(27)36(51)30(22(3)4)40-28(47)14-7-8-16-37(5,6)42-32(49)26-20-24(38)15-17-39-26/h9,11-12,15,17,19-22,27,29-30,46H,7-8,10,13-14,16,18H2,1-6H3,(H,40,47)(H,41,50)(H,42,49)/t27-,29-,30-/m0/s1. The zero-order valence-electron chi connectivity index (χ0n) is 30.4. The van der Waals surface area contributed by atoms with Gasteiger partial charge in [0.1, 0.15) is 23.5 Å². The van der Waals surface area contributed by atoms with Crippen molar-refractivity contribution in [2.45, 2.75) is 104 Å². The molecule has 3 heterocycles. The normalized spacial score (nSPS) is 15.7. The van der Waals surface area contributed by atoms with Crippen LogP contribution in [0.4, 0.5) is 0 Å². The first-order chi connectivity index (χ1) is 24.6. The molecule has 3 atom stereocenters. The fourth-order valence-electron chi connectivity index (χ4n) is 6.05. The number of hydrogen-bond acceptors (Lipinski definition) is 10. The summed E-state index contributed by atoms with van der Waals surface area (Å²) in [6.07, 6.45) is 4.42. The van der Waals surface area contributed by atoms with Gasteiger partial charge in [-0.1, -0.05) is 51.8 Å². The molecule has 280 valence electrons. The highest BCUT2D eigenvalue weighted by Crippen LogP contribution is 2.25. The maximum atomic E-state index is 13.8. The minimum Gasteiger partial charge on any atom is -0.508 e. The first-order valence-corrected chi connectivity index (χ1v) is 18.0. The lowest BCUT2D eigenvalue weighted by molar-refractivity contribution is -0.142. The van der Waals surface area contributed by atoms with E-state index in [0.717, 1.165) is 0 Å². The maximum absolute atomic E-state index is 13.8. The van der Waals surface area contributed by atoms with Crippen LogP contribution >= 0.6 is 11.6 Å². The van der Waals surface area contributed by atoms with Gasteiger partial charge >= 0.3 is 0 Å². The quantitative estimate of drug-likeness (QED) is 0.118. The molecule has 52 heavy (non-hydrogen) atoms. The predicted molar refractivity (Wildman–Crippen MR) is 193 cm³/mol. The maximum Gasteiger partial charge on any atom is 0.286 e. The number of unbranched alkanes of at least 4 members (excludes halogenated alkanes) is 1. The summed E-state index contributed by atoms with van der Waals surface area (Å²) in [5, 5.41) is 26.6. The van der Waals surface area contributed by atoms with Gasteiger partial charge in [-0.2, -0.15) is 0 Å². The van der Waals surface area contributed by atoms with Crippen LogP contribution in [0.25, 0.3) is 11.5 Å². The number of Topliss-reactive ketones (excluding diaryl/α,β-unsaturated/α-hetero) is 1. The van der Waals surface area contributed by atoms with Gasteiger partial charge in [0.25, 0.3) is 11.8 Å². The number of carbonyl (C=O) groups excluding carboxylic acids is 5. The molecule has 1 saturated heterocycles. The lowest BCUT2D eigenvalue weighted by Gasteiger charge is -2.31. The molecule has 1 fully saturated rings. The number of halogens is 1. The topological polar surface area (TPSA) is 197 Å². The number of aromatic nitrogens is 3. The molecule has 0 aliphatic carbocycles. The highest BCUT2D eigenvalue weighted by atomic mass is 35.5. The molecule has 0 unspecified atom stereocenters. The van der Waals surface area contributed by atoms with E-state index in [1.807, 2.05) is 27.7 Å². The molecular formula is C37H48ClN7O7. The number of phenols is 1. The van der Waals surface area contributed by atoms with Crippen molar-refractivity contribution >= 4 is 41.0 Å². The van der Waals surface area contributed by atoms with Crippen LogP contribution in [0.1, 0.15) is 101 Å². The Labute approximate surface area is 308 Å². The molecule has 1 aliphatic heterocycles. The molecule has 0 radical (unpaired) electrons. The highest BCUT2D eigenvalue weighted by molar-refractivity contribution is 6.30. The first-order valence-electron chi connectivity index (χ1n) is 17.6. The van der Waals surface area contributed by atoms with Crippen LogP contribution in [0.5, 0.6) is 5.75 Å². The van der Waals surface area contributed by atoms with Crippen LogP contribution in [0.2, 0.25) is 5.02 Å². The minimum atomic E-state index is -1.00. The Kier molecular flexibility index (Phi) is 13.5. The largest absolute Gasteiger partial charge is 0.508 e. The molecule has 1 aliphatic rings. The lowest BCUT2D eigenvalue weighted by atomic mass is 9.96. The van der Waals surface area contributed by atoms with Crippen molar-refractivity contribution < 1.29 is 33.5 Å². The third kappa shape index (κ3) is 10.6. The van der Waals surface area contributed by atoms with Crippen molar-refractivity contribution in [3.8, 4) is 17.2 Å². The Hall–Kier alpha value is -4.85. The van der Waals surface area contributed by atoms with E-state index in [1.54, 1.807) is 32.0 Å². The molecular weight excluding hydrogens is 690 g/mol. The smallest absolute Gasteiger partial charge is 0.286 e. The first kappa shape index (κ1) is 39.9. The Morgan fingerprint density at radius 1 is 1.00 bits per heavy atom. The molecule has 0 saturated carbocycles. The number of carbonyl (C=O) groups is 5. The summed E-state index contributed by atoms with van der Waals surface area (Å²) >= 11 is 5.98. The van der Waals surface area contributed by atoms with Crippen LogP contribution in [-0.4, -0.2) is 84.8 Å². The summed E-state index contributed by atoms with van der Waals surface area (Å²) in [7, 11) is 0. The van der Waals surface area contributed by atoms with Crippen molar-refractivity contribution in [1.29, 1.82) is 0 Å². The number of ketones is 1. The molecule has 0 bridgehead atoms. The molecule has 4 N–H and O–H groups in total. The van der Waals surface area contributed by atoms with Gasteiger partial charge in [0.05, 0.1) is 6.04 Å². The number of pyridine rings is 1. The van der Waals surface area contributed by atoms with E-state index in [4.69, 9.17) is 16.0 Å². The summed E-state index contributed by atoms with van der Waals surface area (Å²) in [6, 6.07) is 6.57. The molecule has 0 spiro atoms. The van der Waals surface area contributed by atoms with E-state index in [0.29, 0.717) is 49.2 Å². The summed E-state index contributed by atoms with van der Waals surface area (Å²) < 4.78 is 5.60.